The fourth-order valence-corrected chi connectivity index (χ4v) is 5.23. The number of hydrogen-bond acceptors (Lipinski definition) is 7. The maximum atomic E-state index is 5.02. The quantitative estimate of drug-likeness (QED) is 0.493. The zero-order valence-electron chi connectivity index (χ0n) is 20.0. The van der Waals surface area contributed by atoms with Gasteiger partial charge in [0.05, 0.1) is 11.6 Å². The van der Waals surface area contributed by atoms with Gasteiger partial charge >= 0.3 is 0 Å². The van der Waals surface area contributed by atoms with Crippen LogP contribution < -0.4 is 15.1 Å². The van der Waals surface area contributed by atoms with E-state index in [-0.39, 0.29) is 0 Å². The fourth-order valence-electron chi connectivity index (χ4n) is 5.23. The Hall–Kier alpha value is -3.62. The molecule has 0 spiro atoms. The van der Waals surface area contributed by atoms with E-state index < -0.39 is 0 Å². The summed E-state index contributed by atoms with van der Waals surface area (Å²) >= 11 is 0. The first-order valence-electron chi connectivity index (χ1n) is 12.1. The average Bonchev–Trinajstić information content (AvgIpc) is 3.62. The Labute approximate surface area is 199 Å². The standard InChI is InChI=1S/C25H31N9/c1-17-4-6-18(7-5-17)19-8-11-33(15-19)24-29-22(21-14-27-32(3)23(21)30-24)28-20-9-12-34(16-20)25-26-10-13-31(25)2/h4-7,10,13-14,19-20H,8-9,11-12,15-16H2,1-3H3,(H,28,29,30). The fraction of sp³-hybridized carbons (Fsp3) is 0.440. The Morgan fingerprint density at radius 1 is 0.971 bits per heavy atom. The van der Waals surface area contributed by atoms with Gasteiger partial charge in [-0.3, -0.25) is 4.68 Å². The summed E-state index contributed by atoms with van der Waals surface area (Å²) in [4.78, 5) is 19.1. The molecule has 2 unspecified atom stereocenters. The molecule has 2 fully saturated rings. The minimum atomic E-state index is 0.293. The molecule has 2 aliphatic heterocycles. The van der Waals surface area contributed by atoms with Gasteiger partial charge in [-0.2, -0.15) is 15.1 Å². The zero-order chi connectivity index (χ0) is 23.2. The van der Waals surface area contributed by atoms with Crippen molar-refractivity contribution in [3.8, 4) is 0 Å². The number of nitrogens with one attached hydrogen (secondary N) is 1. The molecular formula is C25H31N9. The van der Waals surface area contributed by atoms with Gasteiger partial charge in [0.1, 0.15) is 5.82 Å². The number of hydrogen-bond donors (Lipinski definition) is 1. The molecule has 3 aromatic heterocycles. The van der Waals surface area contributed by atoms with E-state index in [9.17, 15) is 0 Å². The number of anilines is 3. The molecule has 176 valence electrons. The molecule has 0 saturated carbocycles. The van der Waals surface area contributed by atoms with Crippen molar-refractivity contribution in [3.05, 3.63) is 54.0 Å². The van der Waals surface area contributed by atoms with Crippen molar-refractivity contribution in [1.82, 2.24) is 29.3 Å². The van der Waals surface area contributed by atoms with Crippen molar-refractivity contribution in [2.75, 3.05) is 41.3 Å². The molecule has 5 heterocycles. The van der Waals surface area contributed by atoms with Crippen molar-refractivity contribution in [3.63, 3.8) is 0 Å². The molecule has 0 aliphatic carbocycles. The summed E-state index contributed by atoms with van der Waals surface area (Å²) in [6.45, 7) is 5.89. The first-order valence-corrected chi connectivity index (χ1v) is 12.1. The SMILES string of the molecule is Cc1ccc(C2CCN(c3nc(NC4CCN(c5nccn5C)C4)c4cnn(C)c4n3)C2)cc1. The molecular weight excluding hydrogens is 426 g/mol. The van der Waals surface area contributed by atoms with Crippen molar-refractivity contribution in [1.29, 1.82) is 0 Å². The molecule has 0 radical (unpaired) electrons. The van der Waals surface area contributed by atoms with Gasteiger partial charge < -0.3 is 19.7 Å². The van der Waals surface area contributed by atoms with Gasteiger partial charge in [0, 0.05) is 64.6 Å². The summed E-state index contributed by atoms with van der Waals surface area (Å²) in [6.07, 6.45) is 7.86. The molecule has 6 rings (SSSR count). The van der Waals surface area contributed by atoms with Crippen LogP contribution in [0.2, 0.25) is 0 Å². The van der Waals surface area contributed by atoms with E-state index in [0.29, 0.717) is 12.0 Å². The molecule has 1 aromatic carbocycles. The minimum Gasteiger partial charge on any atom is -0.365 e. The number of aryl methyl sites for hydroxylation is 3. The Morgan fingerprint density at radius 2 is 1.79 bits per heavy atom. The molecule has 2 atom stereocenters. The summed E-state index contributed by atoms with van der Waals surface area (Å²) < 4.78 is 3.91. The largest absolute Gasteiger partial charge is 0.365 e. The minimum absolute atomic E-state index is 0.293. The number of rotatable bonds is 5. The van der Waals surface area contributed by atoms with Crippen LogP contribution in [0.1, 0.15) is 29.9 Å². The second-order valence-corrected chi connectivity index (χ2v) is 9.63. The van der Waals surface area contributed by atoms with Gasteiger partial charge in [-0.1, -0.05) is 29.8 Å². The van der Waals surface area contributed by atoms with Gasteiger partial charge in [-0.15, -0.1) is 0 Å². The highest BCUT2D eigenvalue weighted by molar-refractivity contribution is 5.87. The maximum Gasteiger partial charge on any atom is 0.229 e. The smallest absolute Gasteiger partial charge is 0.229 e. The monoisotopic (exact) mass is 457 g/mol. The summed E-state index contributed by atoms with van der Waals surface area (Å²) in [6, 6.07) is 9.22. The highest BCUT2D eigenvalue weighted by atomic mass is 15.4. The van der Waals surface area contributed by atoms with Crippen LogP contribution >= 0.6 is 0 Å². The third-order valence-electron chi connectivity index (χ3n) is 7.21. The van der Waals surface area contributed by atoms with Crippen LogP contribution in [0.25, 0.3) is 11.0 Å². The molecule has 34 heavy (non-hydrogen) atoms. The Morgan fingerprint density at radius 3 is 2.59 bits per heavy atom. The highest BCUT2D eigenvalue weighted by Crippen LogP contribution is 2.32. The first-order chi connectivity index (χ1) is 16.5. The maximum absolute atomic E-state index is 5.02. The average molecular weight is 458 g/mol. The summed E-state index contributed by atoms with van der Waals surface area (Å²) in [7, 11) is 3.99. The van der Waals surface area contributed by atoms with Crippen molar-refractivity contribution in [2.24, 2.45) is 14.1 Å². The first kappa shape index (κ1) is 20.9. The van der Waals surface area contributed by atoms with E-state index in [1.54, 1.807) is 0 Å². The topological polar surface area (TPSA) is 79.9 Å². The number of nitrogens with zero attached hydrogens (tertiary/aromatic N) is 8. The van der Waals surface area contributed by atoms with Crippen LogP contribution in [0.3, 0.4) is 0 Å². The van der Waals surface area contributed by atoms with Gasteiger partial charge in [-0.05, 0) is 25.3 Å². The molecule has 1 N–H and O–H groups in total. The molecule has 0 amide bonds. The van der Waals surface area contributed by atoms with Crippen molar-refractivity contribution >= 4 is 28.7 Å². The van der Waals surface area contributed by atoms with Crippen LogP contribution in [-0.4, -0.2) is 61.5 Å². The number of imidazole rings is 1. The predicted octanol–water partition coefficient (Wildman–Crippen LogP) is 3.09. The van der Waals surface area contributed by atoms with Gasteiger partial charge in [0.15, 0.2) is 5.65 Å². The summed E-state index contributed by atoms with van der Waals surface area (Å²) in [5.41, 5.74) is 3.56. The number of benzene rings is 1. The lowest BCUT2D eigenvalue weighted by Gasteiger charge is -2.20. The molecule has 9 heteroatoms. The van der Waals surface area contributed by atoms with E-state index in [1.807, 2.05) is 37.4 Å². The number of fused-ring (bicyclic) bond motifs is 1. The second-order valence-electron chi connectivity index (χ2n) is 9.63. The molecule has 2 saturated heterocycles. The zero-order valence-corrected chi connectivity index (χ0v) is 20.0. The van der Waals surface area contributed by atoms with E-state index in [2.05, 4.69) is 61.0 Å². The van der Waals surface area contributed by atoms with Crippen molar-refractivity contribution in [2.45, 2.75) is 31.7 Å². The van der Waals surface area contributed by atoms with Crippen LogP contribution in [0.15, 0.2) is 42.9 Å². The van der Waals surface area contributed by atoms with Crippen LogP contribution in [0.4, 0.5) is 17.7 Å². The normalized spacial score (nSPS) is 20.6. The third-order valence-corrected chi connectivity index (χ3v) is 7.21. The molecule has 9 nitrogen and oxygen atoms in total. The molecule has 4 aromatic rings. The summed E-state index contributed by atoms with van der Waals surface area (Å²) in [5, 5.41) is 9.15. The van der Waals surface area contributed by atoms with Gasteiger partial charge in [0.2, 0.25) is 11.9 Å². The number of aromatic nitrogens is 6. The third kappa shape index (κ3) is 3.74. The Bertz CT molecular complexity index is 1310. The van der Waals surface area contributed by atoms with Crippen LogP contribution in [-0.2, 0) is 14.1 Å². The lowest BCUT2D eigenvalue weighted by molar-refractivity contribution is 0.767. The Balaban J connectivity index is 1.24. The van der Waals surface area contributed by atoms with E-state index in [1.165, 1.54) is 11.1 Å². The molecule has 0 bridgehead atoms. The van der Waals surface area contributed by atoms with Crippen LogP contribution in [0.5, 0.6) is 0 Å². The lowest BCUT2D eigenvalue weighted by atomic mass is 9.98. The molecule has 2 aliphatic rings. The predicted molar refractivity (Wildman–Crippen MR) is 135 cm³/mol. The Kier molecular flexibility index (Phi) is 5.12. The van der Waals surface area contributed by atoms with Crippen molar-refractivity contribution < 1.29 is 0 Å². The lowest BCUT2D eigenvalue weighted by Crippen LogP contribution is -2.28. The van der Waals surface area contributed by atoms with E-state index in [0.717, 1.165) is 67.8 Å². The van der Waals surface area contributed by atoms with E-state index >= 15 is 0 Å². The highest BCUT2D eigenvalue weighted by Gasteiger charge is 2.29. The van der Waals surface area contributed by atoms with Gasteiger partial charge in [0.25, 0.3) is 0 Å². The summed E-state index contributed by atoms with van der Waals surface area (Å²) in [5.74, 6) is 3.17. The van der Waals surface area contributed by atoms with Crippen LogP contribution in [0, 0.1) is 6.92 Å². The van der Waals surface area contributed by atoms with Gasteiger partial charge in [-0.25, -0.2) is 4.98 Å². The second kappa shape index (κ2) is 8.30. The van der Waals surface area contributed by atoms with E-state index in [4.69, 9.17) is 9.97 Å².